The van der Waals surface area contributed by atoms with Gasteiger partial charge in [-0.05, 0) is 17.9 Å². The summed E-state index contributed by atoms with van der Waals surface area (Å²) in [7, 11) is 1.34. The van der Waals surface area contributed by atoms with Gasteiger partial charge in [-0.2, -0.15) is 0 Å². The number of aromatic amines is 1. The summed E-state index contributed by atoms with van der Waals surface area (Å²) in [6, 6.07) is 9.08. The van der Waals surface area contributed by atoms with Crippen LogP contribution in [0.15, 0.2) is 39.9 Å². The van der Waals surface area contributed by atoms with E-state index in [4.69, 9.17) is 10.5 Å². The average Bonchev–Trinajstić information content (AvgIpc) is 3.40. The smallest absolute Gasteiger partial charge is 0.330 e. The Hall–Kier alpha value is -3.36. The second-order valence-corrected chi connectivity index (χ2v) is 6.94. The van der Waals surface area contributed by atoms with Crippen molar-refractivity contribution in [2.45, 2.75) is 19.9 Å². The molecule has 2 aromatic rings. The summed E-state index contributed by atoms with van der Waals surface area (Å²) in [4.78, 5) is 51.8. The zero-order valence-corrected chi connectivity index (χ0v) is 15.7. The van der Waals surface area contributed by atoms with Crippen LogP contribution in [-0.2, 0) is 20.9 Å². The summed E-state index contributed by atoms with van der Waals surface area (Å²) in [5, 5.41) is 0. The number of amides is 1. The van der Waals surface area contributed by atoms with Gasteiger partial charge in [0.2, 0.25) is 0 Å². The van der Waals surface area contributed by atoms with Crippen molar-refractivity contribution in [3.63, 3.8) is 0 Å². The number of rotatable bonds is 6. The maximum atomic E-state index is 12.4. The number of nitrogen functional groups attached to an aromatic ring is 1. The lowest BCUT2D eigenvalue weighted by Gasteiger charge is -2.20. The molecule has 0 spiro atoms. The zero-order chi connectivity index (χ0) is 20.4. The van der Waals surface area contributed by atoms with E-state index in [0.29, 0.717) is 0 Å². The Bertz CT molecular complexity index is 1010. The van der Waals surface area contributed by atoms with Gasteiger partial charge in [0, 0.05) is 7.05 Å². The van der Waals surface area contributed by atoms with Crippen LogP contribution < -0.4 is 21.9 Å². The molecule has 2 atom stereocenters. The highest BCUT2D eigenvalue weighted by atomic mass is 16.5. The number of nitrogens with one attached hydrogen (secondary N) is 1. The van der Waals surface area contributed by atoms with Crippen molar-refractivity contribution in [3.8, 4) is 0 Å². The van der Waals surface area contributed by atoms with Gasteiger partial charge in [-0.3, -0.25) is 23.9 Å². The number of hydrogen-bond donors (Lipinski definition) is 2. The number of likely N-dealkylation sites (N-methyl/N-ethyl adjacent to an activating group) is 1. The molecule has 0 aliphatic heterocycles. The summed E-state index contributed by atoms with van der Waals surface area (Å²) in [6.07, 6.45) is 0.750. The summed E-state index contributed by atoms with van der Waals surface area (Å²) in [5.41, 5.74) is 5.21. The van der Waals surface area contributed by atoms with Crippen molar-refractivity contribution in [3.05, 3.63) is 56.7 Å². The van der Waals surface area contributed by atoms with Crippen LogP contribution in [0.2, 0.25) is 0 Å². The molecule has 9 heteroatoms. The number of benzene rings is 1. The van der Waals surface area contributed by atoms with Gasteiger partial charge >= 0.3 is 11.7 Å². The van der Waals surface area contributed by atoms with Crippen molar-refractivity contribution in [2.75, 3.05) is 24.3 Å². The van der Waals surface area contributed by atoms with Crippen LogP contribution in [0.3, 0.4) is 0 Å². The van der Waals surface area contributed by atoms with Crippen molar-refractivity contribution in [2.24, 2.45) is 11.8 Å². The molecule has 3 rings (SSSR count). The quantitative estimate of drug-likeness (QED) is 0.689. The van der Waals surface area contributed by atoms with E-state index in [9.17, 15) is 19.2 Å². The van der Waals surface area contributed by atoms with Gasteiger partial charge in [0.1, 0.15) is 5.82 Å². The van der Waals surface area contributed by atoms with Crippen LogP contribution in [-0.4, -0.2) is 35.1 Å². The third kappa shape index (κ3) is 3.98. The number of carbonyl (C=O) groups excluding carboxylic acids is 2. The van der Waals surface area contributed by atoms with E-state index in [1.807, 2.05) is 37.3 Å². The van der Waals surface area contributed by atoms with Crippen molar-refractivity contribution in [1.29, 1.82) is 0 Å². The maximum Gasteiger partial charge on any atom is 0.330 e. The standard InChI is InChI=1S/C19H22N4O5/c1-11-8-13(11)18(26)28-10-14(24)22(2)15-16(20)23(19(27)21-17(15)25)9-12-6-4-3-5-7-12/h3-7,11,13H,8-10,20H2,1-2H3,(H,21,25,27)/t11-,13+/m1/s1. The number of H-pyrrole nitrogens is 1. The lowest BCUT2D eigenvalue weighted by molar-refractivity contribution is -0.149. The van der Waals surface area contributed by atoms with Crippen molar-refractivity contribution in [1.82, 2.24) is 9.55 Å². The second-order valence-electron chi connectivity index (χ2n) is 6.94. The van der Waals surface area contributed by atoms with Crippen LogP contribution >= 0.6 is 0 Å². The Labute approximate surface area is 160 Å². The summed E-state index contributed by atoms with van der Waals surface area (Å²) in [6.45, 7) is 1.55. The molecule has 1 amide bonds. The molecule has 1 aliphatic rings. The molecule has 0 saturated heterocycles. The third-order valence-electron chi connectivity index (χ3n) is 4.86. The monoisotopic (exact) mass is 386 g/mol. The second kappa shape index (κ2) is 7.71. The van der Waals surface area contributed by atoms with Gasteiger partial charge in [-0.25, -0.2) is 4.79 Å². The van der Waals surface area contributed by atoms with Gasteiger partial charge in [-0.15, -0.1) is 0 Å². The molecule has 148 valence electrons. The van der Waals surface area contributed by atoms with Crippen molar-refractivity contribution < 1.29 is 14.3 Å². The molecular formula is C19H22N4O5. The van der Waals surface area contributed by atoms with E-state index in [0.717, 1.165) is 16.9 Å². The highest BCUT2D eigenvalue weighted by Crippen LogP contribution is 2.38. The van der Waals surface area contributed by atoms with Gasteiger partial charge in [0.15, 0.2) is 12.3 Å². The van der Waals surface area contributed by atoms with E-state index in [-0.39, 0.29) is 29.9 Å². The van der Waals surface area contributed by atoms with Crippen LogP contribution in [0, 0.1) is 11.8 Å². The Kier molecular flexibility index (Phi) is 5.34. The molecule has 0 radical (unpaired) electrons. The Morgan fingerprint density at radius 1 is 1.29 bits per heavy atom. The molecular weight excluding hydrogens is 364 g/mol. The van der Waals surface area contributed by atoms with E-state index in [1.165, 1.54) is 11.6 Å². The first-order chi connectivity index (χ1) is 13.3. The first-order valence-corrected chi connectivity index (χ1v) is 8.89. The Morgan fingerprint density at radius 2 is 1.93 bits per heavy atom. The normalized spacial score (nSPS) is 17.8. The Morgan fingerprint density at radius 3 is 2.54 bits per heavy atom. The first-order valence-electron chi connectivity index (χ1n) is 8.89. The van der Waals surface area contributed by atoms with Crippen molar-refractivity contribution >= 4 is 23.4 Å². The van der Waals surface area contributed by atoms with Gasteiger partial charge in [0.05, 0.1) is 12.5 Å². The molecule has 1 aliphatic carbocycles. The molecule has 0 unspecified atom stereocenters. The van der Waals surface area contributed by atoms with Crippen LogP contribution in [0.1, 0.15) is 18.9 Å². The van der Waals surface area contributed by atoms with Gasteiger partial charge in [0.25, 0.3) is 11.5 Å². The number of nitrogens with two attached hydrogens (primary N) is 1. The first kappa shape index (κ1) is 19.4. The minimum absolute atomic E-state index is 0.131. The molecule has 1 fully saturated rings. The van der Waals surface area contributed by atoms with Gasteiger partial charge < -0.3 is 15.4 Å². The predicted octanol–water partition coefficient (Wildman–Crippen LogP) is 0.329. The van der Waals surface area contributed by atoms with E-state index in [2.05, 4.69) is 4.98 Å². The minimum Gasteiger partial charge on any atom is -0.455 e. The summed E-state index contributed by atoms with van der Waals surface area (Å²) >= 11 is 0. The molecule has 3 N–H and O–H groups in total. The molecule has 28 heavy (non-hydrogen) atoms. The molecule has 1 heterocycles. The van der Waals surface area contributed by atoms with Crippen LogP contribution in [0.5, 0.6) is 0 Å². The molecule has 1 aromatic heterocycles. The number of anilines is 2. The summed E-state index contributed by atoms with van der Waals surface area (Å²) in [5.74, 6) is -1.09. The molecule has 1 aromatic carbocycles. The zero-order valence-electron chi connectivity index (χ0n) is 15.7. The van der Waals surface area contributed by atoms with E-state index >= 15 is 0 Å². The molecule has 0 bridgehead atoms. The maximum absolute atomic E-state index is 12.4. The number of hydrogen-bond acceptors (Lipinski definition) is 6. The largest absolute Gasteiger partial charge is 0.455 e. The van der Waals surface area contributed by atoms with Crippen LogP contribution in [0.4, 0.5) is 11.5 Å². The topological polar surface area (TPSA) is 127 Å². The number of aromatic nitrogens is 2. The van der Waals surface area contributed by atoms with Gasteiger partial charge in [-0.1, -0.05) is 37.3 Å². The fourth-order valence-electron chi connectivity index (χ4n) is 2.94. The highest BCUT2D eigenvalue weighted by Gasteiger charge is 2.40. The third-order valence-corrected chi connectivity index (χ3v) is 4.86. The number of carbonyl (C=O) groups is 2. The fraction of sp³-hybridized carbons (Fsp3) is 0.368. The number of esters is 1. The Balaban J connectivity index is 1.81. The fourth-order valence-corrected chi connectivity index (χ4v) is 2.94. The lowest BCUT2D eigenvalue weighted by Crippen LogP contribution is -2.40. The highest BCUT2D eigenvalue weighted by molar-refractivity contribution is 5.96. The lowest BCUT2D eigenvalue weighted by atomic mass is 10.2. The van der Waals surface area contributed by atoms with Crippen LogP contribution in [0.25, 0.3) is 0 Å². The number of ether oxygens (including phenoxy) is 1. The predicted molar refractivity (Wildman–Crippen MR) is 103 cm³/mol. The molecule has 9 nitrogen and oxygen atoms in total. The minimum atomic E-state index is -0.787. The molecule has 1 saturated carbocycles. The number of nitrogens with zero attached hydrogens (tertiary/aromatic N) is 2. The van der Waals surface area contributed by atoms with E-state index < -0.39 is 29.7 Å². The SMILES string of the molecule is C[C@@H]1C[C@@H]1C(=O)OCC(=O)N(C)c1c(N)n(Cc2ccccc2)c(=O)[nH]c1=O. The average molecular weight is 386 g/mol. The summed E-state index contributed by atoms with van der Waals surface area (Å²) < 4.78 is 6.19. The van der Waals surface area contributed by atoms with E-state index in [1.54, 1.807) is 0 Å².